The van der Waals surface area contributed by atoms with Gasteiger partial charge < -0.3 is 15.3 Å². The summed E-state index contributed by atoms with van der Waals surface area (Å²) in [4.78, 5) is 24.9. The number of aromatic amines is 1. The van der Waals surface area contributed by atoms with E-state index in [0.717, 1.165) is 0 Å². The Kier molecular flexibility index (Phi) is 3.86. The minimum absolute atomic E-state index is 0.202. The van der Waals surface area contributed by atoms with Crippen LogP contribution < -0.4 is 5.32 Å². The Balaban J connectivity index is 1.97. The summed E-state index contributed by atoms with van der Waals surface area (Å²) >= 11 is 0. The molecule has 0 aromatic carbocycles. The molecule has 2 atom stereocenters. The highest BCUT2D eigenvalue weighted by atomic mass is 16.4. The predicted octanol–water partition coefficient (Wildman–Crippen LogP) is 0.157. The largest absolute Gasteiger partial charge is 0.481 e. The molecule has 0 bridgehead atoms. The number of carbonyl (C=O) groups excluding carboxylic acids is 1. The highest BCUT2D eigenvalue weighted by Gasteiger charge is 2.39. The van der Waals surface area contributed by atoms with E-state index in [9.17, 15) is 14.7 Å². The molecule has 2 unspecified atom stereocenters. The van der Waals surface area contributed by atoms with Crippen LogP contribution in [0, 0.1) is 5.41 Å². The van der Waals surface area contributed by atoms with Crippen molar-refractivity contribution in [2.45, 2.75) is 32.7 Å². The molecule has 2 amide bonds. The molecule has 0 radical (unpaired) electrons. The van der Waals surface area contributed by atoms with E-state index in [2.05, 4.69) is 25.9 Å². The van der Waals surface area contributed by atoms with Crippen LogP contribution in [-0.4, -0.2) is 55.7 Å². The van der Waals surface area contributed by atoms with E-state index in [4.69, 9.17) is 0 Å². The summed E-state index contributed by atoms with van der Waals surface area (Å²) in [6, 6.07) is -0.700. The van der Waals surface area contributed by atoms with Crippen molar-refractivity contribution in [2.75, 3.05) is 13.1 Å². The molecule has 0 spiro atoms. The lowest BCUT2D eigenvalue weighted by Crippen LogP contribution is -2.51. The number of rotatable bonds is 3. The second kappa shape index (κ2) is 5.43. The normalized spacial score (nSPS) is 24.2. The Morgan fingerprint density at radius 3 is 2.90 bits per heavy atom. The minimum atomic E-state index is -0.884. The van der Waals surface area contributed by atoms with Gasteiger partial charge in [-0.2, -0.15) is 5.21 Å². The van der Waals surface area contributed by atoms with Crippen LogP contribution in [0.25, 0.3) is 0 Å². The van der Waals surface area contributed by atoms with E-state index in [0.29, 0.717) is 25.2 Å². The second-order valence-corrected chi connectivity index (χ2v) is 5.33. The third kappa shape index (κ3) is 2.86. The van der Waals surface area contributed by atoms with Crippen LogP contribution in [0.3, 0.4) is 0 Å². The number of tetrazole rings is 1. The van der Waals surface area contributed by atoms with Gasteiger partial charge in [0.1, 0.15) is 0 Å². The van der Waals surface area contributed by atoms with Crippen molar-refractivity contribution in [2.24, 2.45) is 5.41 Å². The maximum absolute atomic E-state index is 12.1. The molecular weight excluding hydrogens is 264 g/mol. The Bertz CT molecular complexity index is 490. The van der Waals surface area contributed by atoms with Crippen molar-refractivity contribution in [3.8, 4) is 0 Å². The summed E-state index contributed by atoms with van der Waals surface area (Å²) in [5, 5.41) is 25.3. The molecule has 2 heterocycles. The van der Waals surface area contributed by atoms with Gasteiger partial charge in [-0.25, -0.2) is 4.79 Å². The van der Waals surface area contributed by atoms with Gasteiger partial charge in [0.15, 0.2) is 5.82 Å². The highest BCUT2D eigenvalue weighted by Crippen LogP contribution is 2.29. The van der Waals surface area contributed by atoms with Gasteiger partial charge in [-0.15, -0.1) is 10.2 Å². The zero-order valence-electron chi connectivity index (χ0n) is 11.5. The number of hydrogen-bond acceptors (Lipinski definition) is 5. The summed E-state index contributed by atoms with van der Waals surface area (Å²) in [5.41, 5.74) is -0.884. The van der Waals surface area contributed by atoms with Gasteiger partial charge in [-0.3, -0.25) is 4.79 Å². The minimum Gasteiger partial charge on any atom is -0.481 e. The molecule has 1 aromatic heterocycles. The Labute approximate surface area is 115 Å². The lowest BCUT2D eigenvalue weighted by molar-refractivity contribution is -0.150. The fourth-order valence-electron chi connectivity index (χ4n) is 2.28. The fourth-order valence-corrected chi connectivity index (χ4v) is 2.28. The number of likely N-dealkylation sites (tertiary alicyclic amines) is 1. The number of carboxylic acids is 1. The van der Waals surface area contributed by atoms with Gasteiger partial charge in [-0.1, -0.05) is 5.21 Å². The first-order valence-electron chi connectivity index (χ1n) is 6.44. The van der Waals surface area contributed by atoms with Gasteiger partial charge in [0.05, 0.1) is 11.5 Å². The molecule has 9 nitrogen and oxygen atoms in total. The first-order chi connectivity index (χ1) is 9.42. The molecule has 1 saturated heterocycles. The summed E-state index contributed by atoms with van der Waals surface area (Å²) in [7, 11) is 0. The Morgan fingerprint density at radius 1 is 1.55 bits per heavy atom. The third-order valence-corrected chi connectivity index (χ3v) is 3.59. The number of amides is 2. The van der Waals surface area contributed by atoms with Crippen LogP contribution in [0.1, 0.15) is 38.6 Å². The molecule has 1 aromatic rings. The number of hydrogen-bond donors (Lipinski definition) is 3. The number of carbonyl (C=O) groups is 2. The molecule has 110 valence electrons. The van der Waals surface area contributed by atoms with Crippen LogP contribution in [0.15, 0.2) is 0 Å². The number of H-pyrrole nitrogens is 1. The molecule has 0 aliphatic carbocycles. The summed E-state index contributed by atoms with van der Waals surface area (Å²) in [6.07, 6.45) is 1.25. The molecule has 1 fully saturated rings. The van der Waals surface area contributed by atoms with Gasteiger partial charge >= 0.3 is 12.0 Å². The van der Waals surface area contributed by atoms with E-state index in [1.54, 1.807) is 13.8 Å². The zero-order chi connectivity index (χ0) is 14.8. The molecular formula is C11H18N6O3. The van der Waals surface area contributed by atoms with Gasteiger partial charge in [-0.05, 0) is 26.7 Å². The first-order valence-corrected chi connectivity index (χ1v) is 6.44. The van der Waals surface area contributed by atoms with E-state index < -0.39 is 11.4 Å². The third-order valence-electron chi connectivity index (χ3n) is 3.59. The molecule has 1 aliphatic heterocycles. The SMILES string of the molecule is CC(NC(=O)N1CCCC(C)(C(=O)O)C1)c1nn[nH]n1. The number of urea groups is 1. The smallest absolute Gasteiger partial charge is 0.318 e. The average Bonchev–Trinajstić information content (AvgIpc) is 2.92. The van der Waals surface area contributed by atoms with Crippen molar-refractivity contribution in [1.29, 1.82) is 0 Å². The number of aliphatic carboxylic acids is 1. The van der Waals surface area contributed by atoms with E-state index in [1.807, 2.05) is 0 Å². The fraction of sp³-hybridized carbons (Fsp3) is 0.727. The highest BCUT2D eigenvalue weighted by molar-refractivity contribution is 5.78. The standard InChI is InChI=1S/C11H18N6O3/c1-7(8-13-15-16-14-8)12-10(20)17-5-3-4-11(2,6-17)9(18)19/h7H,3-6H2,1-2H3,(H,12,20)(H,18,19)(H,13,14,15,16). The lowest BCUT2D eigenvalue weighted by atomic mass is 9.82. The lowest BCUT2D eigenvalue weighted by Gasteiger charge is -2.37. The summed E-state index contributed by atoms with van der Waals surface area (Å²) in [6.45, 7) is 4.15. The van der Waals surface area contributed by atoms with Crippen molar-refractivity contribution in [3.63, 3.8) is 0 Å². The van der Waals surface area contributed by atoms with Crippen LogP contribution in [0.5, 0.6) is 0 Å². The average molecular weight is 282 g/mol. The second-order valence-electron chi connectivity index (χ2n) is 5.33. The van der Waals surface area contributed by atoms with Gasteiger partial charge in [0, 0.05) is 13.1 Å². The Morgan fingerprint density at radius 2 is 2.30 bits per heavy atom. The number of nitrogens with zero attached hydrogens (tertiary/aromatic N) is 4. The maximum atomic E-state index is 12.1. The molecule has 3 N–H and O–H groups in total. The number of carboxylic acid groups (broad SMARTS) is 1. The van der Waals surface area contributed by atoms with Gasteiger partial charge in [0.2, 0.25) is 0 Å². The van der Waals surface area contributed by atoms with Crippen LogP contribution in [0.2, 0.25) is 0 Å². The van der Waals surface area contributed by atoms with E-state index in [-0.39, 0.29) is 18.6 Å². The van der Waals surface area contributed by atoms with Gasteiger partial charge in [0.25, 0.3) is 0 Å². The summed E-state index contributed by atoms with van der Waals surface area (Å²) < 4.78 is 0. The molecule has 0 saturated carbocycles. The van der Waals surface area contributed by atoms with Crippen LogP contribution in [0.4, 0.5) is 4.79 Å². The van der Waals surface area contributed by atoms with Crippen LogP contribution >= 0.6 is 0 Å². The quantitative estimate of drug-likeness (QED) is 0.725. The zero-order valence-corrected chi connectivity index (χ0v) is 11.5. The predicted molar refractivity (Wildman–Crippen MR) is 67.7 cm³/mol. The van der Waals surface area contributed by atoms with Crippen molar-refractivity contribution >= 4 is 12.0 Å². The Hall–Kier alpha value is -2.19. The molecule has 9 heteroatoms. The number of aromatic nitrogens is 4. The topological polar surface area (TPSA) is 124 Å². The van der Waals surface area contributed by atoms with E-state index >= 15 is 0 Å². The van der Waals surface area contributed by atoms with Crippen molar-refractivity contribution in [3.05, 3.63) is 5.82 Å². The maximum Gasteiger partial charge on any atom is 0.318 e. The van der Waals surface area contributed by atoms with Crippen LogP contribution in [-0.2, 0) is 4.79 Å². The number of piperidine rings is 1. The molecule has 1 aliphatic rings. The van der Waals surface area contributed by atoms with Crippen molar-refractivity contribution in [1.82, 2.24) is 30.8 Å². The monoisotopic (exact) mass is 282 g/mol. The molecule has 2 rings (SSSR count). The molecule has 20 heavy (non-hydrogen) atoms. The number of nitrogens with one attached hydrogen (secondary N) is 2. The van der Waals surface area contributed by atoms with Crippen molar-refractivity contribution < 1.29 is 14.7 Å². The first kappa shape index (κ1) is 14.2. The van der Waals surface area contributed by atoms with E-state index in [1.165, 1.54) is 4.90 Å². The summed E-state index contributed by atoms with van der Waals surface area (Å²) in [5.74, 6) is -0.488.